The van der Waals surface area contributed by atoms with Gasteiger partial charge in [0.2, 0.25) is 12.7 Å². The van der Waals surface area contributed by atoms with E-state index in [-0.39, 0.29) is 25.0 Å². The molecule has 29 heavy (non-hydrogen) atoms. The van der Waals surface area contributed by atoms with E-state index in [2.05, 4.69) is 25.7 Å². The summed E-state index contributed by atoms with van der Waals surface area (Å²) in [4.78, 5) is 16.1. The van der Waals surface area contributed by atoms with Gasteiger partial charge in [-0.1, -0.05) is 0 Å². The summed E-state index contributed by atoms with van der Waals surface area (Å²) >= 11 is 0. The van der Waals surface area contributed by atoms with E-state index in [1.165, 1.54) is 6.07 Å². The summed E-state index contributed by atoms with van der Waals surface area (Å²) in [5.41, 5.74) is 0.454. The normalized spacial score (nSPS) is 15.4. The highest BCUT2D eigenvalue weighted by Crippen LogP contribution is 2.39. The molecule has 0 radical (unpaired) electrons. The number of aliphatic imine (C=N–C) groups is 1. The topological polar surface area (TPSA) is 93.2 Å². The molecule has 1 fully saturated rings. The first-order valence-corrected chi connectivity index (χ1v) is 9.74. The van der Waals surface area contributed by atoms with Gasteiger partial charge in [0, 0.05) is 37.2 Å². The lowest BCUT2D eigenvalue weighted by Crippen LogP contribution is -2.38. The molecule has 1 saturated carbocycles. The minimum atomic E-state index is -2.95. The molecular weight excluding hydrogens is 386 g/mol. The predicted molar refractivity (Wildman–Crippen MR) is 102 cm³/mol. The molecular formula is C19H26F2N4O4. The maximum atomic E-state index is 12.7. The number of hydrogen-bond acceptors (Lipinski definition) is 5. The summed E-state index contributed by atoms with van der Waals surface area (Å²) in [5, 5.41) is 9.18. The second-order valence-corrected chi connectivity index (χ2v) is 6.76. The van der Waals surface area contributed by atoms with Gasteiger partial charge in [-0.15, -0.1) is 0 Å². The van der Waals surface area contributed by atoms with Crippen molar-refractivity contribution in [3.8, 4) is 17.2 Å². The Kier molecular flexibility index (Phi) is 7.31. The minimum absolute atomic E-state index is 0.000551. The quantitative estimate of drug-likeness (QED) is 0.310. The molecule has 0 unspecified atom stereocenters. The second-order valence-electron chi connectivity index (χ2n) is 6.76. The average Bonchev–Trinajstić information content (AvgIpc) is 3.37. The largest absolute Gasteiger partial charge is 0.454 e. The number of benzene rings is 1. The SMILES string of the molecule is CCNC(=NCc1cc2c(cc1OC(F)F)OCO2)NCCCC(=O)NC1CC1. The van der Waals surface area contributed by atoms with Gasteiger partial charge in [-0.2, -0.15) is 8.78 Å². The van der Waals surface area contributed by atoms with Gasteiger partial charge < -0.3 is 30.2 Å². The highest BCUT2D eigenvalue weighted by Gasteiger charge is 2.23. The number of carbonyl (C=O) groups excluding carboxylic acids is 1. The van der Waals surface area contributed by atoms with Crippen LogP contribution in [0.2, 0.25) is 0 Å². The lowest BCUT2D eigenvalue weighted by atomic mass is 10.1. The van der Waals surface area contributed by atoms with Crippen molar-refractivity contribution in [2.75, 3.05) is 19.9 Å². The van der Waals surface area contributed by atoms with E-state index in [9.17, 15) is 13.6 Å². The summed E-state index contributed by atoms with van der Waals surface area (Å²) in [6, 6.07) is 3.34. The third kappa shape index (κ3) is 6.65. The van der Waals surface area contributed by atoms with Gasteiger partial charge in [0.15, 0.2) is 17.5 Å². The molecule has 1 aromatic rings. The van der Waals surface area contributed by atoms with Gasteiger partial charge in [-0.3, -0.25) is 4.79 Å². The molecule has 1 aromatic carbocycles. The van der Waals surface area contributed by atoms with Crippen LogP contribution < -0.4 is 30.2 Å². The Morgan fingerprint density at radius 2 is 2.03 bits per heavy atom. The van der Waals surface area contributed by atoms with E-state index in [1.807, 2.05) is 6.92 Å². The fourth-order valence-corrected chi connectivity index (χ4v) is 2.78. The van der Waals surface area contributed by atoms with Crippen LogP contribution in [0.4, 0.5) is 8.78 Å². The molecule has 2 aliphatic rings. The number of amides is 1. The van der Waals surface area contributed by atoms with E-state index >= 15 is 0 Å². The van der Waals surface area contributed by atoms with Crippen molar-refractivity contribution in [3.05, 3.63) is 17.7 Å². The summed E-state index contributed by atoms with van der Waals surface area (Å²) in [6.07, 6.45) is 3.24. The van der Waals surface area contributed by atoms with E-state index in [4.69, 9.17) is 9.47 Å². The zero-order valence-electron chi connectivity index (χ0n) is 16.3. The van der Waals surface area contributed by atoms with Crippen molar-refractivity contribution in [1.29, 1.82) is 0 Å². The van der Waals surface area contributed by atoms with Gasteiger partial charge >= 0.3 is 6.61 Å². The van der Waals surface area contributed by atoms with Crippen molar-refractivity contribution in [1.82, 2.24) is 16.0 Å². The first kappa shape index (κ1) is 20.9. The number of halogens is 2. The van der Waals surface area contributed by atoms with Crippen LogP contribution in [-0.2, 0) is 11.3 Å². The molecule has 0 atom stereocenters. The Balaban J connectivity index is 1.56. The van der Waals surface area contributed by atoms with E-state index in [0.717, 1.165) is 12.8 Å². The highest BCUT2D eigenvalue weighted by atomic mass is 19.3. The van der Waals surface area contributed by atoms with Crippen LogP contribution in [0.1, 0.15) is 38.2 Å². The van der Waals surface area contributed by atoms with Crippen LogP contribution in [0.5, 0.6) is 17.2 Å². The van der Waals surface area contributed by atoms with Crippen molar-refractivity contribution >= 4 is 11.9 Å². The number of guanidine groups is 1. The molecule has 0 saturated heterocycles. The fourth-order valence-electron chi connectivity index (χ4n) is 2.78. The predicted octanol–water partition coefficient (Wildman–Crippen LogP) is 2.13. The summed E-state index contributed by atoms with van der Waals surface area (Å²) in [6.45, 7) is 0.309. The second kappa shape index (κ2) is 10.1. The van der Waals surface area contributed by atoms with Gasteiger partial charge in [-0.25, -0.2) is 4.99 Å². The average molecular weight is 412 g/mol. The summed E-state index contributed by atoms with van der Waals surface area (Å²) in [7, 11) is 0. The Labute approximate surface area is 168 Å². The van der Waals surface area contributed by atoms with E-state index in [0.29, 0.717) is 55.0 Å². The Hall–Kier alpha value is -2.78. The molecule has 0 spiro atoms. The molecule has 3 rings (SSSR count). The molecule has 0 bridgehead atoms. The Bertz CT molecular complexity index is 741. The summed E-state index contributed by atoms with van der Waals surface area (Å²) in [5.74, 6) is 1.42. The first-order valence-electron chi connectivity index (χ1n) is 9.74. The van der Waals surface area contributed by atoms with E-state index in [1.54, 1.807) is 6.07 Å². The lowest BCUT2D eigenvalue weighted by molar-refractivity contribution is -0.121. The molecule has 1 aliphatic heterocycles. The third-order valence-electron chi connectivity index (χ3n) is 4.34. The van der Waals surface area contributed by atoms with E-state index < -0.39 is 6.61 Å². The van der Waals surface area contributed by atoms with Crippen molar-refractivity contribution in [3.63, 3.8) is 0 Å². The van der Waals surface area contributed by atoms with Gasteiger partial charge in [-0.05, 0) is 32.3 Å². The molecule has 0 aromatic heterocycles. The van der Waals surface area contributed by atoms with Crippen LogP contribution in [-0.4, -0.2) is 44.4 Å². The standard InChI is InChI=1S/C19H26F2N4O4/c1-2-22-19(23-7-3-4-17(26)25-13-5-6-13)24-10-12-8-15-16(28-11-27-15)9-14(12)29-18(20)21/h8-9,13,18H,2-7,10-11H2,1H3,(H,25,26)(H2,22,23,24). The first-order chi connectivity index (χ1) is 14.0. The van der Waals surface area contributed by atoms with Gasteiger partial charge in [0.1, 0.15) is 5.75 Å². The highest BCUT2D eigenvalue weighted by molar-refractivity contribution is 5.80. The van der Waals surface area contributed by atoms with Crippen LogP contribution >= 0.6 is 0 Å². The third-order valence-corrected chi connectivity index (χ3v) is 4.34. The van der Waals surface area contributed by atoms with Crippen LogP contribution in [0, 0.1) is 0 Å². The van der Waals surface area contributed by atoms with Crippen LogP contribution in [0.3, 0.4) is 0 Å². The van der Waals surface area contributed by atoms with Crippen LogP contribution in [0.25, 0.3) is 0 Å². The monoisotopic (exact) mass is 412 g/mol. The molecule has 8 nitrogen and oxygen atoms in total. The van der Waals surface area contributed by atoms with Crippen molar-refractivity contribution in [2.24, 2.45) is 4.99 Å². The minimum Gasteiger partial charge on any atom is -0.454 e. The number of nitrogens with one attached hydrogen (secondary N) is 3. The zero-order valence-corrected chi connectivity index (χ0v) is 16.3. The smallest absolute Gasteiger partial charge is 0.387 e. The number of alkyl halides is 2. The maximum Gasteiger partial charge on any atom is 0.387 e. The number of nitrogens with zero attached hydrogens (tertiary/aromatic N) is 1. The van der Waals surface area contributed by atoms with Crippen molar-refractivity contribution in [2.45, 2.75) is 51.8 Å². The number of ether oxygens (including phenoxy) is 3. The van der Waals surface area contributed by atoms with Gasteiger partial charge in [0.05, 0.1) is 6.54 Å². The van der Waals surface area contributed by atoms with Crippen LogP contribution in [0.15, 0.2) is 17.1 Å². The number of fused-ring (bicyclic) bond motifs is 1. The molecule has 1 amide bonds. The fraction of sp³-hybridized carbons (Fsp3) is 0.579. The summed E-state index contributed by atoms with van der Waals surface area (Å²) < 4.78 is 40.6. The maximum absolute atomic E-state index is 12.7. The number of carbonyl (C=O) groups is 1. The van der Waals surface area contributed by atoms with Gasteiger partial charge in [0.25, 0.3) is 0 Å². The molecule has 160 valence electrons. The molecule has 1 heterocycles. The Morgan fingerprint density at radius 1 is 1.28 bits per heavy atom. The zero-order chi connectivity index (χ0) is 20.6. The van der Waals surface area contributed by atoms with Crippen molar-refractivity contribution < 1.29 is 27.8 Å². The Morgan fingerprint density at radius 3 is 2.72 bits per heavy atom. The number of rotatable bonds is 10. The number of hydrogen-bond donors (Lipinski definition) is 3. The molecule has 1 aliphatic carbocycles. The molecule has 10 heteroatoms. The lowest BCUT2D eigenvalue weighted by Gasteiger charge is -2.13. The molecule has 3 N–H and O–H groups in total.